The zero-order chi connectivity index (χ0) is 47.9. The van der Waals surface area contributed by atoms with E-state index in [4.69, 9.17) is 9.47 Å². The van der Waals surface area contributed by atoms with Gasteiger partial charge in [-0.2, -0.15) is 0 Å². The predicted octanol–water partition coefficient (Wildman–Crippen LogP) is 13.8. The van der Waals surface area contributed by atoms with Gasteiger partial charge in [0, 0.05) is 33.9 Å². The van der Waals surface area contributed by atoms with Gasteiger partial charge in [0.2, 0.25) is 0 Å². The van der Waals surface area contributed by atoms with Crippen LogP contribution < -0.4 is 4.74 Å². The van der Waals surface area contributed by atoms with Crippen molar-refractivity contribution in [2.24, 2.45) is 0 Å². The lowest BCUT2D eigenvalue weighted by Crippen LogP contribution is -2.08. The Morgan fingerprint density at radius 2 is 0.618 bits per heavy atom. The molecule has 0 unspecified atom stereocenters. The molecule has 68 heavy (non-hydrogen) atoms. The van der Waals surface area contributed by atoms with E-state index in [0.29, 0.717) is 46.8 Å². The molecule has 0 aromatic heterocycles. The number of carbonyl (C=O) groups is 1. The standard InChI is InChI=1S/C65H60O3/c1-7-64(66)67-47-15-13-11-9-8-10-12-14-16-48-68-65-62(45-40-57-33-23-52(5)24-34-57)60(43-38-55-29-19-50(3)20-30-55)59(42-37-54-27-17-49(2)18-28-54)61(44-39-56-31-21-51(4)22-32-56)63(65)46-41-58-35-25-53(6)26-36-58/h7,17-36H,1,8-16,47-48H2,2-6H3. The van der Waals surface area contributed by atoms with E-state index in [1.54, 1.807) is 0 Å². The minimum Gasteiger partial charge on any atom is -0.491 e. The van der Waals surface area contributed by atoms with Gasteiger partial charge in [0.1, 0.15) is 0 Å². The maximum absolute atomic E-state index is 11.3. The summed E-state index contributed by atoms with van der Waals surface area (Å²) in [6.07, 6.45) is 10.7. The van der Waals surface area contributed by atoms with Gasteiger partial charge in [0.25, 0.3) is 0 Å². The monoisotopic (exact) mass is 888 g/mol. The number of unbranched alkanes of at least 4 members (excludes halogenated alkanes) is 8. The predicted molar refractivity (Wildman–Crippen MR) is 280 cm³/mol. The van der Waals surface area contributed by atoms with Gasteiger partial charge in [-0.1, -0.05) is 199 Å². The molecule has 6 rings (SSSR count). The first kappa shape index (κ1) is 49.6. The van der Waals surface area contributed by atoms with Crippen molar-refractivity contribution in [2.75, 3.05) is 13.2 Å². The molecule has 0 radical (unpaired) electrons. The number of esters is 1. The Bertz CT molecular complexity index is 2830. The summed E-state index contributed by atoms with van der Waals surface area (Å²) in [6.45, 7) is 14.7. The van der Waals surface area contributed by atoms with Crippen molar-refractivity contribution in [3.8, 4) is 65.0 Å². The number of hydrogen-bond donors (Lipinski definition) is 0. The van der Waals surface area contributed by atoms with Crippen LogP contribution in [0.3, 0.4) is 0 Å². The first-order valence-electron chi connectivity index (χ1n) is 23.7. The third-order valence-electron chi connectivity index (χ3n) is 11.3. The molecule has 0 heterocycles. The molecule has 3 nitrogen and oxygen atoms in total. The summed E-state index contributed by atoms with van der Waals surface area (Å²) in [6, 6.07) is 41.1. The van der Waals surface area contributed by atoms with Gasteiger partial charge in [0.05, 0.1) is 41.0 Å². The number of benzene rings is 6. The van der Waals surface area contributed by atoms with Crippen LogP contribution in [0.5, 0.6) is 5.75 Å². The second-order valence-corrected chi connectivity index (χ2v) is 17.2. The summed E-state index contributed by atoms with van der Waals surface area (Å²) >= 11 is 0. The van der Waals surface area contributed by atoms with Crippen LogP contribution in [0, 0.1) is 93.8 Å². The smallest absolute Gasteiger partial charge is 0.330 e. The highest BCUT2D eigenvalue weighted by molar-refractivity contribution is 5.81. The number of rotatable bonds is 14. The van der Waals surface area contributed by atoms with Crippen molar-refractivity contribution in [1.82, 2.24) is 0 Å². The van der Waals surface area contributed by atoms with E-state index in [0.717, 1.165) is 107 Å². The zero-order valence-electron chi connectivity index (χ0n) is 40.3. The molecule has 338 valence electrons. The first-order chi connectivity index (χ1) is 33.1. The summed E-state index contributed by atoms with van der Waals surface area (Å²) in [7, 11) is 0. The molecule has 0 aliphatic carbocycles. The quantitative estimate of drug-likeness (QED) is 0.0473. The van der Waals surface area contributed by atoms with Crippen LogP contribution in [0.25, 0.3) is 0 Å². The van der Waals surface area contributed by atoms with Crippen LogP contribution in [0.1, 0.15) is 141 Å². The Hall–Kier alpha value is -7.87. The fourth-order valence-corrected chi connectivity index (χ4v) is 7.19. The molecule has 0 aliphatic heterocycles. The molecule has 0 atom stereocenters. The van der Waals surface area contributed by atoms with Gasteiger partial charge in [-0.25, -0.2) is 4.79 Å². The van der Waals surface area contributed by atoms with Gasteiger partial charge in [-0.15, -0.1) is 0 Å². The van der Waals surface area contributed by atoms with Crippen LogP contribution in [0.15, 0.2) is 134 Å². The normalized spacial score (nSPS) is 10.0. The summed E-state index contributed by atoms with van der Waals surface area (Å²) in [5.41, 5.74) is 13.4. The van der Waals surface area contributed by atoms with Crippen molar-refractivity contribution in [2.45, 2.75) is 92.4 Å². The number of hydrogen-bond acceptors (Lipinski definition) is 3. The summed E-state index contributed by atoms with van der Waals surface area (Å²) in [5.74, 6) is 35.4. The second-order valence-electron chi connectivity index (χ2n) is 17.2. The maximum atomic E-state index is 11.3. The summed E-state index contributed by atoms with van der Waals surface area (Å²) < 4.78 is 12.1. The second kappa shape index (κ2) is 26.3. The zero-order valence-corrected chi connectivity index (χ0v) is 40.3. The fourth-order valence-electron chi connectivity index (χ4n) is 7.19. The van der Waals surface area contributed by atoms with Gasteiger partial charge in [0.15, 0.2) is 5.75 Å². The van der Waals surface area contributed by atoms with Crippen LogP contribution in [-0.2, 0) is 9.53 Å². The van der Waals surface area contributed by atoms with E-state index in [-0.39, 0.29) is 5.97 Å². The van der Waals surface area contributed by atoms with E-state index in [2.05, 4.69) is 161 Å². The molecule has 3 heteroatoms. The molecule has 6 aromatic carbocycles. The first-order valence-corrected chi connectivity index (χ1v) is 23.7. The van der Waals surface area contributed by atoms with Crippen LogP contribution >= 0.6 is 0 Å². The summed E-state index contributed by atoms with van der Waals surface area (Å²) in [5, 5.41) is 0. The van der Waals surface area contributed by atoms with Crippen LogP contribution in [0.2, 0.25) is 0 Å². The Balaban J connectivity index is 1.50. The van der Waals surface area contributed by atoms with E-state index < -0.39 is 0 Å². The molecule has 0 spiro atoms. The van der Waals surface area contributed by atoms with E-state index >= 15 is 0 Å². The highest BCUT2D eigenvalue weighted by Gasteiger charge is 2.22. The molecule has 6 aromatic rings. The van der Waals surface area contributed by atoms with Crippen molar-refractivity contribution in [3.63, 3.8) is 0 Å². The number of aryl methyl sites for hydroxylation is 5. The topological polar surface area (TPSA) is 35.5 Å². The summed E-state index contributed by atoms with van der Waals surface area (Å²) in [4.78, 5) is 11.3. The molecular formula is C65H60O3. The Morgan fingerprint density at radius 3 is 0.912 bits per heavy atom. The van der Waals surface area contributed by atoms with Crippen LogP contribution in [0.4, 0.5) is 0 Å². The highest BCUT2D eigenvalue weighted by Crippen LogP contribution is 2.34. The Kier molecular flexibility index (Phi) is 19.2. The lowest BCUT2D eigenvalue weighted by molar-refractivity contribution is -0.137. The Morgan fingerprint density at radius 1 is 0.368 bits per heavy atom. The SMILES string of the molecule is C=CC(=O)OCCCCCCCCCCCOc1c(C#Cc2ccc(C)cc2)c(C#Cc2ccc(C)cc2)c(C#Cc2ccc(C)cc2)c(C#Cc2ccc(C)cc2)c1C#Cc1ccc(C)cc1. The van der Waals surface area contributed by atoms with Gasteiger partial charge in [-0.05, 0) is 108 Å². The third-order valence-corrected chi connectivity index (χ3v) is 11.3. The van der Waals surface area contributed by atoms with Crippen molar-refractivity contribution < 1.29 is 14.3 Å². The average molecular weight is 889 g/mol. The van der Waals surface area contributed by atoms with E-state index in [1.165, 1.54) is 12.5 Å². The molecular weight excluding hydrogens is 829 g/mol. The third kappa shape index (κ3) is 15.9. The molecule has 0 saturated heterocycles. The lowest BCUT2D eigenvalue weighted by atomic mass is 9.89. The highest BCUT2D eigenvalue weighted by atomic mass is 16.5. The van der Waals surface area contributed by atoms with Crippen molar-refractivity contribution in [3.05, 3.63) is 217 Å². The van der Waals surface area contributed by atoms with Gasteiger partial charge < -0.3 is 9.47 Å². The van der Waals surface area contributed by atoms with Crippen molar-refractivity contribution >= 4 is 5.97 Å². The van der Waals surface area contributed by atoms with E-state index in [1.807, 2.05) is 60.7 Å². The lowest BCUT2D eigenvalue weighted by Gasteiger charge is -2.17. The van der Waals surface area contributed by atoms with Crippen molar-refractivity contribution in [1.29, 1.82) is 0 Å². The minimum atomic E-state index is -0.355. The minimum absolute atomic E-state index is 0.355. The Labute approximate surface area is 406 Å². The van der Waals surface area contributed by atoms with Crippen LogP contribution in [-0.4, -0.2) is 19.2 Å². The molecule has 0 fully saturated rings. The van der Waals surface area contributed by atoms with Gasteiger partial charge in [-0.3, -0.25) is 0 Å². The molecule has 0 saturated carbocycles. The number of carbonyl (C=O) groups excluding carboxylic acids is 1. The molecule has 0 aliphatic rings. The molecule has 0 bridgehead atoms. The maximum Gasteiger partial charge on any atom is 0.330 e. The fraction of sp³-hybridized carbons (Fsp3) is 0.246. The molecule has 0 amide bonds. The molecule has 0 N–H and O–H groups in total. The van der Waals surface area contributed by atoms with Gasteiger partial charge >= 0.3 is 5.97 Å². The average Bonchev–Trinajstić information content (AvgIpc) is 3.35. The largest absolute Gasteiger partial charge is 0.491 e. The van der Waals surface area contributed by atoms with E-state index in [9.17, 15) is 4.79 Å². The number of ether oxygens (including phenoxy) is 2.